The Kier molecular flexibility index (Phi) is 8.78. The van der Waals surface area contributed by atoms with Gasteiger partial charge in [-0.15, -0.1) is 0 Å². The van der Waals surface area contributed by atoms with Crippen LogP contribution in [0.1, 0.15) is 81.7 Å². The van der Waals surface area contributed by atoms with Crippen molar-refractivity contribution in [2.45, 2.75) is 78.0 Å². The zero-order valence-corrected chi connectivity index (χ0v) is 25.1. The fourth-order valence-electron chi connectivity index (χ4n) is 5.59. The van der Waals surface area contributed by atoms with Gasteiger partial charge >= 0.3 is 6.03 Å². The summed E-state index contributed by atoms with van der Waals surface area (Å²) in [6.45, 7) is 14.2. The highest BCUT2D eigenvalue weighted by molar-refractivity contribution is 5.87. The molecule has 0 saturated carbocycles. The number of nitrogens with one attached hydrogen (secondary N) is 2. The number of H-pyrrole nitrogens is 1. The summed E-state index contributed by atoms with van der Waals surface area (Å²) in [5, 5.41) is 7.65. The van der Waals surface area contributed by atoms with Crippen LogP contribution >= 0.6 is 0 Å². The highest BCUT2D eigenvalue weighted by Gasteiger charge is 2.33. The molecule has 0 bridgehead atoms. The lowest BCUT2D eigenvalue weighted by Crippen LogP contribution is -2.58. The number of benzene rings is 1. The number of amides is 2. The number of ether oxygens (including phenoxy) is 1. The summed E-state index contributed by atoms with van der Waals surface area (Å²) in [5.74, 6) is 1.19. The van der Waals surface area contributed by atoms with Crippen LogP contribution in [0, 0.1) is 5.92 Å². The number of nitrogens with zero attached hydrogens (tertiary/aromatic N) is 4. The molecule has 41 heavy (non-hydrogen) atoms. The maximum absolute atomic E-state index is 13.0. The SMILES string of the molecule is C=C(c1ccc2c(c1)CCCCC2NC(=O)N1CC(OC(C)C)C1)c1cc(-c2cnn(C)c2)[nH]c1N=CC(C)CC. The Morgan fingerprint density at radius 3 is 2.78 bits per heavy atom. The number of carbonyl (C=O) groups excluding carboxylic acids is 1. The molecule has 2 aliphatic rings. The Labute approximate surface area is 243 Å². The number of fused-ring (bicyclic) bond motifs is 1. The van der Waals surface area contributed by atoms with Gasteiger partial charge in [-0.2, -0.15) is 5.10 Å². The minimum absolute atomic E-state index is 0.000919. The lowest BCUT2D eigenvalue weighted by molar-refractivity contribution is -0.0644. The van der Waals surface area contributed by atoms with E-state index in [1.807, 2.05) is 44.4 Å². The molecule has 8 nitrogen and oxygen atoms in total. The number of aromatic amines is 1. The van der Waals surface area contributed by atoms with Gasteiger partial charge in [0.05, 0.1) is 43.2 Å². The van der Waals surface area contributed by atoms with E-state index in [0.29, 0.717) is 19.0 Å². The molecule has 1 fully saturated rings. The van der Waals surface area contributed by atoms with Crippen molar-refractivity contribution in [3.8, 4) is 11.3 Å². The third kappa shape index (κ3) is 6.64. The number of urea groups is 1. The van der Waals surface area contributed by atoms with Crippen molar-refractivity contribution in [1.29, 1.82) is 0 Å². The van der Waals surface area contributed by atoms with Crippen LogP contribution in [0.15, 0.2) is 48.2 Å². The standard InChI is InChI=1S/C33H44N6O2/c1-7-22(4)16-34-32-29(15-31(36-32)26-17-35-38(6)18-26)23(5)24-12-13-28-25(14-24)10-8-9-11-30(28)37-33(40)39-19-27(20-39)41-21(2)3/h12-18,21-22,27,30,36H,5,7-11,19-20H2,1-4,6H3,(H,37,40). The molecule has 3 aromatic rings. The van der Waals surface area contributed by atoms with E-state index < -0.39 is 0 Å². The molecular weight excluding hydrogens is 512 g/mol. The highest BCUT2D eigenvalue weighted by Crippen LogP contribution is 2.37. The molecule has 1 aliphatic carbocycles. The van der Waals surface area contributed by atoms with Crippen LogP contribution in [0.25, 0.3) is 16.8 Å². The summed E-state index contributed by atoms with van der Waals surface area (Å²) in [6.07, 6.45) is 11.3. The monoisotopic (exact) mass is 556 g/mol. The van der Waals surface area contributed by atoms with Gasteiger partial charge in [0.2, 0.25) is 0 Å². The summed E-state index contributed by atoms with van der Waals surface area (Å²) < 4.78 is 7.63. The normalized spacial score (nSPS) is 18.3. The molecule has 218 valence electrons. The molecule has 1 saturated heterocycles. The first-order valence-electron chi connectivity index (χ1n) is 15.0. The third-order valence-corrected chi connectivity index (χ3v) is 8.19. The van der Waals surface area contributed by atoms with Crippen LogP contribution in [0.5, 0.6) is 0 Å². The third-order valence-electron chi connectivity index (χ3n) is 8.19. The van der Waals surface area contributed by atoms with Gasteiger partial charge in [0.1, 0.15) is 5.82 Å². The van der Waals surface area contributed by atoms with Crippen molar-refractivity contribution in [3.63, 3.8) is 0 Å². The largest absolute Gasteiger partial charge is 0.372 e. The number of aryl methyl sites for hydroxylation is 2. The van der Waals surface area contributed by atoms with E-state index in [2.05, 4.69) is 60.1 Å². The maximum atomic E-state index is 13.0. The lowest BCUT2D eigenvalue weighted by Gasteiger charge is -2.40. The molecule has 2 atom stereocenters. The predicted molar refractivity (Wildman–Crippen MR) is 166 cm³/mol. The van der Waals surface area contributed by atoms with Gasteiger partial charge in [0.15, 0.2) is 0 Å². The Bertz CT molecular complexity index is 1410. The molecule has 1 aromatic carbocycles. The van der Waals surface area contributed by atoms with Crippen molar-refractivity contribution in [3.05, 3.63) is 65.5 Å². The number of hydrogen-bond acceptors (Lipinski definition) is 4. The van der Waals surface area contributed by atoms with Gasteiger partial charge in [-0.1, -0.05) is 45.0 Å². The van der Waals surface area contributed by atoms with Crippen LogP contribution in [0.4, 0.5) is 10.6 Å². The minimum atomic E-state index is -0.000919. The quantitative estimate of drug-likeness (QED) is 0.224. The number of likely N-dealkylation sites (tertiary alicyclic amines) is 1. The first-order valence-corrected chi connectivity index (χ1v) is 15.0. The van der Waals surface area contributed by atoms with Crippen molar-refractivity contribution in [1.82, 2.24) is 25.0 Å². The smallest absolute Gasteiger partial charge is 0.318 e. The first-order chi connectivity index (χ1) is 19.7. The Morgan fingerprint density at radius 2 is 2.07 bits per heavy atom. The van der Waals surface area contributed by atoms with Gasteiger partial charge in [-0.3, -0.25) is 4.68 Å². The second kappa shape index (κ2) is 12.5. The summed E-state index contributed by atoms with van der Waals surface area (Å²) >= 11 is 0. The number of aliphatic imine (C=N–C) groups is 1. The molecule has 2 unspecified atom stereocenters. The summed E-state index contributed by atoms with van der Waals surface area (Å²) in [6, 6.07) is 8.72. The van der Waals surface area contributed by atoms with Crippen molar-refractivity contribution < 1.29 is 9.53 Å². The zero-order chi connectivity index (χ0) is 29.1. The average molecular weight is 557 g/mol. The molecule has 5 rings (SSSR count). The molecule has 2 amide bonds. The van der Waals surface area contributed by atoms with Gasteiger partial charge in [-0.25, -0.2) is 9.79 Å². The first kappa shape index (κ1) is 28.9. The molecule has 1 aliphatic heterocycles. The van der Waals surface area contributed by atoms with Crippen LogP contribution in [-0.4, -0.2) is 57.2 Å². The molecule has 8 heteroatoms. The van der Waals surface area contributed by atoms with E-state index in [9.17, 15) is 4.79 Å². The Balaban J connectivity index is 1.37. The van der Waals surface area contributed by atoms with E-state index in [4.69, 9.17) is 9.73 Å². The number of rotatable bonds is 9. The van der Waals surface area contributed by atoms with Crippen molar-refractivity contribution in [2.75, 3.05) is 13.1 Å². The van der Waals surface area contributed by atoms with E-state index in [1.165, 1.54) is 11.1 Å². The molecule has 0 radical (unpaired) electrons. The van der Waals surface area contributed by atoms with Crippen LogP contribution < -0.4 is 5.32 Å². The number of carbonyl (C=O) groups is 1. The minimum Gasteiger partial charge on any atom is -0.372 e. The Morgan fingerprint density at radius 1 is 1.27 bits per heavy atom. The fourth-order valence-corrected chi connectivity index (χ4v) is 5.59. The van der Waals surface area contributed by atoms with E-state index in [1.54, 1.807) is 4.68 Å². The molecule has 2 N–H and O–H groups in total. The lowest BCUT2D eigenvalue weighted by atomic mass is 9.92. The topological polar surface area (TPSA) is 87.5 Å². The van der Waals surface area contributed by atoms with Gasteiger partial charge in [0.25, 0.3) is 0 Å². The predicted octanol–water partition coefficient (Wildman–Crippen LogP) is 6.81. The van der Waals surface area contributed by atoms with Crippen LogP contribution in [0.3, 0.4) is 0 Å². The second-order valence-corrected chi connectivity index (χ2v) is 11.9. The molecule has 3 heterocycles. The number of aromatic nitrogens is 3. The molecule has 0 spiro atoms. The van der Waals surface area contributed by atoms with E-state index in [0.717, 1.165) is 65.9 Å². The molecule has 2 aromatic heterocycles. The number of hydrogen-bond donors (Lipinski definition) is 2. The van der Waals surface area contributed by atoms with Crippen LogP contribution in [-0.2, 0) is 18.2 Å². The van der Waals surface area contributed by atoms with Gasteiger partial charge in [-0.05, 0) is 73.8 Å². The Hall–Kier alpha value is -3.65. The van der Waals surface area contributed by atoms with Crippen molar-refractivity contribution in [2.24, 2.45) is 18.0 Å². The van der Waals surface area contributed by atoms with Gasteiger partial charge in [0, 0.05) is 30.6 Å². The summed E-state index contributed by atoms with van der Waals surface area (Å²) in [4.78, 5) is 23.2. The maximum Gasteiger partial charge on any atom is 0.318 e. The van der Waals surface area contributed by atoms with Crippen LogP contribution in [0.2, 0.25) is 0 Å². The van der Waals surface area contributed by atoms with Crippen molar-refractivity contribution >= 4 is 23.6 Å². The average Bonchev–Trinajstić information content (AvgIpc) is 3.50. The zero-order valence-electron chi connectivity index (χ0n) is 25.1. The van der Waals surface area contributed by atoms with E-state index >= 15 is 0 Å². The van der Waals surface area contributed by atoms with Gasteiger partial charge < -0.3 is 19.9 Å². The fraction of sp³-hybridized carbons (Fsp3) is 0.485. The van der Waals surface area contributed by atoms with E-state index in [-0.39, 0.29) is 24.3 Å². The molecular formula is C33H44N6O2. The summed E-state index contributed by atoms with van der Waals surface area (Å²) in [5.41, 5.74) is 7.46. The second-order valence-electron chi connectivity index (χ2n) is 11.9. The highest BCUT2D eigenvalue weighted by atomic mass is 16.5. The summed E-state index contributed by atoms with van der Waals surface area (Å²) in [7, 11) is 1.92.